The van der Waals surface area contributed by atoms with Crippen molar-refractivity contribution in [1.82, 2.24) is 0 Å². The number of rotatable bonds is 4. The SMILES string of the molecule is COC(=O)CS(=O)(=O)Nc1ccc(F)c(N)c1. The second kappa shape index (κ2) is 5.00. The Kier molecular flexibility index (Phi) is 3.89. The highest BCUT2D eigenvalue weighted by molar-refractivity contribution is 7.93. The molecule has 0 radical (unpaired) electrons. The number of nitrogen functional groups attached to an aromatic ring is 1. The van der Waals surface area contributed by atoms with Crippen molar-refractivity contribution in [3.63, 3.8) is 0 Å². The van der Waals surface area contributed by atoms with E-state index in [0.717, 1.165) is 19.2 Å². The molecular formula is C9H11FN2O4S. The summed E-state index contributed by atoms with van der Waals surface area (Å²) in [5.41, 5.74) is 5.15. The van der Waals surface area contributed by atoms with Gasteiger partial charge < -0.3 is 10.5 Å². The quantitative estimate of drug-likeness (QED) is 0.601. The Bertz CT molecular complexity index is 530. The van der Waals surface area contributed by atoms with E-state index in [1.165, 1.54) is 6.07 Å². The number of halogens is 1. The van der Waals surface area contributed by atoms with Crippen LogP contribution in [-0.4, -0.2) is 27.2 Å². The van der Waals surface area contributed by atoms with Gasteiger partial charge in [0.05, 0.1) is 18.5 Å². The summed E-state index contributed by atoms with van der Waals surface area (Å²) in [6, 6.07) is 3.33. The van der Waals surface area contributed by atoms with Gasteiger partial charge in [-0.05, 0) is 18.2 Å². The van der Waals surface area contributed by atoms with Crippen LogP contribution in [0.1, 0.15) is 0 Å². The number of anilines is 2. The minimum atomic E-state index is -3.88. The van der Waals surface area contributed by atoms with Crippen LogP contribution in [0.5, 0.6) is 0 Å². The van der Waals surface area contributed by atoms with Gasteiger partial charge in [0.2, 0.25) is 10.0 Å². The first kappa shape index (κ1) is 13.2. The van der Waals surface area contributed by atoms with E-state index in [1.807, 2.05) is 0 Å². The van der Waals surface area contributed by atoms with Gasteiger partial charge in [0.1, 0.15) is 5.82 Å². The first-order valence-electron chi connectivity index (χ1n) is 4.46. The molecule has 0 bridgehead atoms. The Morgan fingerprint density at radius 3 is 2.71 bits per heavy atom. The Hall–Kier alpha value is -1.83. The number of carbonyl (C=O) groups excluding carboxylic acids is 1. The number of nitrogens with two attached hydrogens (primary N) is 1. The van der Waals surface area contributed by atoms with Crippen molar-refractivity contribution in [3.8, 4) is 0 Å². The number of nitrogens with one attached hydrogen (secondary N) is 1. The average molecular weight is 262 g/mol. The van der Waals surface area contributed by atoms with Crippen LogP contribution >= 0.6 is 0 Å². The van der Waals surface area contributed by atoms with E-state index in [0.29, 0.717) is 0 Å². The highest BCUT2D eigenvalue weighted by Crippen LogP contribution is 2.17. The van der Waals surface area contributed by atoms with E-state index in [9.17, 15) is 17.6 Å². The van der Waals surface area contributed by atoms with E-state index < -0.39 is 27.6 Å². The lowest BCUT2D eigenvalue weighted by atomic mass is 10.3. The van der Waals surface area contributed by atoms with Gasteiger partial charge >= 0.3 is 5.97 Å². The lowest BCUT2D eigenvalue weighted by Crippen LogP contribution is -2.23. The van der Waals surface area contributed by atoms with Crippen molar-refractivity contribution in [3.05, 3.63) is 24.0 Å². The third-order valence-corrected chi connectivity index (χ3v) is 2.97. The molecule has 0 aliphatic carbocycles. The number of hydrogen-bond acceptors (Lipinski definition) is 5. The molecule has 0 aliphatic heterocycles. The van der Waals surface area contributed by atoms with Crippen LogP contribution in [0.2, 0.25) is 0 Å². The predicted octanol–water partition coefficient (Wildman–Crippen LogP) is 0.323. The molecule has 0 aromatic heterocycles. The van der Waals surface area contributed by atoms with Crippen molar-refractivity contribution < 1.29 is 22.3 Å². The number of sulfonamides is 1. The second-order valence-corrected chi connectivity index (χ2v) is 4.90. The van der Waals surface area contributed by atoms with Crippen molar-refractivity contribution in [2.45, 2.75) is 0 Å². The maximum Gasteiger partial charge on any atom is 0.322 e. The van der Waals surface area contributed by atoms with Gasteiger partial charge in [-0.15, -0.1) is 0 Å². The Balaban J connectivity index is 2.83. The van der Waals surface area contributed by atoms with Crippen molar-refractivity contribution in [2.24, 2.45) is 0 Å². The lowest BCUT2D eigenvalue weighted by molar-refractivity contribution is -0.137. The van der Waals surface area contributed by atoms with Gasteiger partial charge in [-0.2, -0.15) is 0 Å². The van der Waals surface area contributed by atoms with Crippen LogP contribution in [0.4, 0.5) is 15.8 Å². The van der Waals surface area contributed by atoms with E-state index in [4.69, 9.17) is 5.73 Å². The number of methoxy groups -OCH3 is 1. The zero-order chi connectivity index (χ0) is 13.1. The van der Waals surface area contributed by atoms with Crippen molar-refractivity contribution in [1.29, 1.82) is 0 Å². The van der Waals surface area contributed by atoms with Crippen molar-refractivity contribution in [2.75, 3.05) is 23.3 Å². The summed E-state index contributed by atoms with van der Waals surface area (Å²) < 4.78 is 42.0. The molecule has 1 aromatic carbocycles. The molecule has 0 saturated carbocycles. The Labute approximate surface area is 97.6 Å². The second-order valence-electron chi connectivity index (χ2n) is 3.17. The summed E-state index contributed by atoms with van der Waals surface area (Å²) in [6.07, 6.45) is 0. The zero-order valence-corrected chi connectivity index (χ0v) is 9.75. The number of carbonyl (C=O) groups is 1. The first-order chi connectivity index (χ1) is 7.84. The number of benzene rings is 1. The number of esters is 1. The topological polar surface area (TPSA) is 98.5 Å². The van der Waals surface area contributed by atoms with Gasteiger partial charge in [-0.1, -0.05) is 0 Å². The van der Waals surface area contributed by atoms with E-state index in [2.05, 4.69) is 9.46 Å². The molecule has 94 valence electrons. The molecule has 0 amide bonds. The maximum absolute atomic E-state index is 12.8. The lowest BCUT2D eigenvalue weighted by Gasteiger charge is -2.07. The summed E-state index contributed by atoms with van der Waals surface area (Å²) in [6.45, 7) is 0. The summed E-state index contributed by atoms with van der Waals surface area (Å²) in [5.74, 6) is -2.37. The minimum Gasteiger partial charge on any atom is -0.468 e. The molecular weight excluding hydrogens is 251 g/mol. The van der Waals surface area contributed by atoms with E-state index >= 15 is 0 Å². The Morgan fingerprint density at radius 2 is 2.18 bits per heavy atom. The van der Waals surface area contributed by atoms with Crippen LogP contribution in [0.25, 0.3) is 0 Å². The van der Waals surface area contributed by atoms with E-state index in [1.54, 1.807) is 0 Å². The monoisotopic (exact) mass is 262 g/mol. The molecule has 0 aliphatic rings. The molecule has 0 saturated heterocycles. The highest BCUT2D eigenvalue weighted by atomic mass is 32.2. The molecule has 1 aromatic rings. The molecule has 0 unspecified atom stereocenters. The van der Waals surface area contributed by atoms with Gasteiger partial charge in [-0.3, -0.25) is 9.52 Å². The molecule has 3 N–H and O–H groups in total. The third-order valence-electron chi connectivity index (χ3n) is 1.80. The first-order valence-corrected chi connectivity index (χ1v) is 6.11. The Morgan fingerprint density at radius 1 is 1.53 bits per heavy atom. The molecule has 17 heavy (non-hydrogen) atoms. The van der Waals surface area contributed by atoms with Crippen LogP contribution in [0.15, 0.2) is 18.2 Å². The van der Waals surface area contributed by atoms with Gasteiger partial charge in [0.25, 0.3) is 0 Å². The normalized spacial score (nSPS) is 10.9. The summed E-state index contributed by atoms with van der Waals surface area (Å²) in [5, 5.41) is 0. The standard InChI is InChI=1S/C9H11FN2O4S/c1-16-9(13)5-17(14,15)12-6-2-3-7(10)8(11)4-6/h2-4,12H,5,11H2,1H3. The fraction of sp³-hybridized carbons (Fsp3) is 0.222. The molecule has 0 spiro atoms. The van der Waals surface area contributed by atoms with Gasteiger partial charge in [0, 0.05) is 0 Å². The summed E-state index contributed by atoms with van der Waals surface area (Å²) in [4.78, 5) is 10.8. The summed E-state index contributed by atoms with van der Waals surface area (Å²) >= 11 is 0. The maximum atomic E-state index is 12.8. The van der Waals surface area contributed by atoms with Crippen molar-refractivity contribution >= 4 is 27.4 Å². The molecule has 6 nitrogen and oxygen atoms in total. The minimum absolute atomic E-state index is 0.0767. The van der Waals surface area contributed by atoms with Crippen LogP contribution in [-0.2, 0) is 19.6 Å². The summed E-state index contributed by atoms with van der Waals surface area (Å²) in [7, 11) is -2.80. The van der Waals surface area contributed by atoms with Crippen LogP contribution < -0.4 is 10.5 Å². The van der Waals surface area contributed by atoms with E-state index in [-0.39, 0.29) is 11.4 Å². The molecule has 0 atom stereocenters. The van der Waals surface area contributed by atoms with Crippen LogP contribution in [0.3, 0.4) is 0 Å². The largest absolute Gasteiger partial charge is 0.468 e. The molecule has 0 fully saturated rings. The fourth-order valence-corrected chi connectivity index (χ4v) is 2.02. The average Bonchev–Trinajstić information content (AvgIpc) is 2.22. The number of hydrogen-bond donors (Lipinski definition) is 2. The van der Waals surface area contributed by atoms with Crippen LogP contribution in [0, 0.1) is 5.82 Å². The third kappa shape index (κ3) is 3.91. The molecule has 8 heteroatoms. The highest BCUT2D eigenvalue weighted by Gasteiger charge is 2.17. The predicted molar refractivity (Wildman–Crippen MR) is 60.2 cm³/mol. The smallest absolute Gasteiger partial charge is 0.322 e. The molecule has 1 rings (SSSR count). The number of ether oxygens (including phenoxy) is 1. The zero-order valence-electron chi connectivity index (χ0n) is 8.94. The van der Waals surface area contributed by atoms with Gasteiger partial charge in [-0.25, -0.2) is 12.8 Å². The fourth-order valence-electron chi connectivity index (χ4n) is 1.04. The molecule has 0 heterocycles. The van der Waals surface area contributed by atoms with Gasteiger partial charge in [0.15, 0.2) is 5.75 Å².